The summed E-state index contributed by atoms with van der Waals surface area (Å²) in [5.41, 5.74) is 6.03. The molecule has 1 amide bonds. The summed E-state index contributed by atoms with van der Waals surface area (Å²) in [4.78, 5) is 18.2. The van der Waals surface area contributed by atoms with Crippen LogP contribution in [0.15, 0.2) is 18.3 Å². The largest absolute Gasteiger partial charge is 0.505 e. The van der Waals surface area contributed by atoms with Gasteiger partial charge in [-0.05, 0) is 44.7 Å². The van der Waals surface area contributed by atoms with Crippen LogP contribution in [0.4, 0.5) is 0 Å². The third-order valence-corrected chi connectivity index (χ3v) is 3.77. The lowest BCUT2D eigenvalue weighted by Gasteiger charge is -2.35. The average Bonchev–Trinajstić information content (AvgIpc) is 2.42. The van der Waals surface area contributed by atoms with E-state index in [0.29, 0.717) is 6.54 Å². The van der Waals surface area contributed by atoms with Gasteiger partial charge in [0.2, 0.25) is 0 Å². The molecule has 104 valence electrons. The summed E-state index contributed by atoms with van der Waals surface area (Å²) in [5.74, 6) is -0.250. The van der Waals surface area contributed by atoms with Crippen molar-refractivity contribution in [3.8, 4) is 5.75 Å². The maximum absolute atomic E-state index is 12.4. The molecule has 1 aromatic heterocycles. The zero-order valence-corrected chi connectivity index (χ0v) is 11.2. The van der Waals surface area contributed by atoms with Crippen LogP contribution in [-0.2, 0) is 0 Å². The number of amides is 1. The van der Waals surface area contributed by atoms with Crippen molar-refractivity contribution in [2.45, 2.75) is 44.7 Å². The van der Waals surface area contributed by atoms with E-state index in [4.69, 9.17) is 5.73 Å². The minimum atomic E-state index is -0.193. The molecule has 0 saturated heterocycles. The fraction of sp³-hybridized carbons (Fsp3) is 0.571. The molecule has 0 spiro atoms. The van der Waals surface area contributed by atoms with Gasteiger partial charge in [0.1, 0.15) is 5.75 Å². The normalized spacial score (nSPS) is 23.1. The molecule has 0 aliphatic heterocycles. The second-order valence-electron chi connectivity index (χ2n) is 5.03. The highest BCUT2D eigenvalue weighted by atomic mass is 16.3. The summed E-state index contributed by atoms with van der Waals surface area (Å²) in [6, 6.07) is 3.57. The fourth-order valence-corrected chi connectivity index (χ4v) is 2.68. The molecule has 5 heteroatoms. The first-order valence-electron chi connectivity index (χ1n) is 6.84. The number of rotatable bonds is 3. The first-order valence-corrected chi connectivity index (χ1v) is 6.84. The predicted molar refractivity (Wildman–Crippen MR) is 72.8 cm³/mol. The van der Waals surface area contributed by atoms with Gasteiger partial charge in [0.05, 0.1) is 0 Å². The van der Waals surface area contributed by atoms with Crippen LogP contribution >= 0.6 is 0 Å². The van der Waals surface area contributed by atoms with E-state index in [9.17, 15) is 9.90 Å². The Morgan fingerprint density at radius 1 is 1.47 bits per heavy atom. The van der Waals surface area contributed by atoms with Gasteiger partial charge in [0, 0.05) is 24.8 Å². The number of carbonyl (C=O) groups is 1. The standard InChI is InChI=1S/C14H21N3O2/c1-2-17(11-7-5-10(15)6-8-11)14(19)13-12(18)4-3-9-16-13/h3-4,9-11,18H,2,5-8,15H2,1H3. The molecule has 1 heterocycles. The topological polar surface area (TPSA) is 79.5 Å². The molecule has 1 saturated carbocycles. The summed E-state index contributed by atoms with van der Waals surface area (Å²) in [6.07, 6.45) is 5.27. The summed E-state index contributed by atoms with van der Waals surface area (Å²) in [7, 11) is 0. The van der Waals surface area contributed by atoms with Gasteiger partial charge in [-0.1, -0.05) is 0 Å². The van der Waals surface area contributed by atoms with Crippen molar-refractivity contribution in [3.05, 3.63) is 24.0 Å². The molecule has 1 aliphatic rings. The van der Waals surface area contributed by atoms with Crippen LogP contribution in [-0.4, -0.2) is 39.5 Å². The van der Waals surface area contributed by atoms with E-state index >= 15 is 0 Å². The van der Waals surface area contributed by atoms with E-state index in [2.05, 4.69) is 4.98 Å². The minimum absolute atomic E-state index is 0.0570. The smallest absolute Gasteiger partial charge is 0.276 e. The lowest BCUT2D eigenvalue weighted by Crippen LogP contribution is -2.44. The third kappa shape index (κ3) is 3.04. The Kier molecular flexibility index (Phi) is 4.37. The summed E-state index contributed by atoms with van der Waals surface area (Å²) in [5, 5.41) is 9.74. The SMILES string of the molecule is CCN(C(=O)c1ncccc1O)C1CCC(N)CC1. The van der Waals surface area contributed by atoms with Crippen LogP contribution in [0.3, 0.4) is 0 Å². The van der Waals surface area contributed by atoms with Crippen molar-refractivity contribution < 1.29 is 9.90 Å². The maximum Gasteiger partial charge on any atom is 0.276 e. The summed E-state index contributed by atoms with van der Waals surface area (Å²) >= 11 is 0. The van der Waals surface area contributed by atoms with Gasteiger partial charge >= 0.3 is 0 Å². The van der Waals surface area contributed by atoms with E-state index in [0.717, 1.165) is 25.7 Å². The van der Waals surface area contributed by atoms with Gasteiger partial charge < -0.3 is 15.7 Å². The minimum Gasteiger partial charge on any atom is -0.505 e. The van der Waals surface area contributed by atoms with Gasteiger partial charge in [-0.2, -0.15) is 0 Å². The van der Waals surface area contributed by atoms with Crippen LogP contribution in [0.5, 0.6) is 5.75 Å². The van der Waals surface area contributed by atoms with Crippen molar-refractivity contribution in [1.82, 2.24) is 9.88 Å². The monoisotopic (exact) mass is 263 g/mol. The number of nitrogens with two attached hydrogens (primary N) is 1. The molecule has 0 bridgehead atoms. The second-order valence-corrected chi connectivity index (χ2v) is 5.03. The van der Waals surface area contributed by atoms with Gasteiger partial charge in [-0.25, -0.2) is 4.98 Å². The van der Waals surface area contributed by atoms with Crippen LogP contribution in [0, 0.1) is 0 Å². The van der Waals surface area contributed by atoms with Crippen molar-refractivity contribution in [2.75, 3.05) is 6.54 Å². The number of carbonyl (C=O) groups excluding carboxylic acids is 1. The van der Waals surface area contributed by atoms with E-state index in [-0.39, 0.29) is 29.4 Å². The molecule has 0 unspecified atom stereocenters. The number of pyridine rings is 1. The van der Waals surface area contributed by atoms with Crippen molar-refractivity contribution in [2.24, 2.45) is 5.73 Å². The van der Waals surface area contributed by atoms with E-state index in [1.165, 1.54) is 12.3 Å². The van der Waals surface area contributed by atoms with E-state index in [1.807, 2.05) is 6.92 Å². The Labute approximate surface area is 113 Å². The Morgan fingerprint density at radius 3 is 2.74 bits per heavy atom. The van der Waals surface area contributed by atoms with Crippen LogP contribution < -0.4 is 5.73 Å². The molecule has 1 aromatic rings. The van der Waals surface area contributed by atoms with Crippen LogP contribution in [0.2, 0.25) is 0 Å². The zero-order chi connectivity index (χ0) is 13.8. The van der Waals surface area contributed by atoms with Crippen molar-refractivity contribution in [1.29, 1.82) is 0 Å². The third-order valence-electron chi connectivity index (χ3n) is 3.77. The lowest BCUT2D eigenvalue weighted by atomic mass is 9.90. The van der Waals surface area contributed by atoms with Crippen molar-refractivity contribution >= 4 is 5.91 Å². The van der Waals surface area contributed by atoms with E-state index < -0.39 is 0 Å². The molecule has 19 heavy (non-hydrogen) atoms. The lowest BCUT2D eigenvalue weighted by molar-refractivity contribution is 0.0631. The van der Waals surface area contributed by atoms with Gasteiger partial charge in [0.25, 0.3) is 5.91 Å². The Hall–Kier alpha value is -1.62. The Morgan fingerprint density at radius 2 is 2.16 bits per heavy atom. The molecule has 3 N–H and O–H groups in total. The zero-order valence-electron chi connectivity index (χ0n) is 11.2. The molecule has 0 aromatic carbocycles. The number of hydrogen-bond acceptors (Lipinski definition) is 4. The van der Waals surface area contributed by atoms with Crippen molar-refractivity contribution in [3.63, 3.8) is 0 Å². The molecular weight excluding hydrogens is 242 g/mol. The van der Waals surface area contributed by atoms with E-state index in [1.54, 1.807) is 11.0 Å². The molecule has 5 nitrogen and oxygen atoms in total. The number of hydrogen-bond donors (Lipinski definition) is 2. The predicted octanol–water partition coefficient (Wildman–Crippen LogP) is 1.52. The number of aromatic hydroxyl groups is 1. The quantitative estimate of drug-likeness (QED) is 0.866. The summed E-state index contributed by atoms with van der Waals surface area (Å²) < 4.78 is 0. The highest BCUT2D eigenvalue weighted by Gasteiger charge is 2.28. The Bertz CT molecular complexity index is 442. The number of aromatic nitrogens is 1. The first-order chi connectivity index (χ1) is 9.13. The molecule has 1 aliphatic carbocycles. The highest BCUT2D eigenvalue weighted by Crippen LogP contribution is 2.24. The molecule has 0 atom stereocenters. The maximum atomic E-state index is 12.4. The average molecular weight is 263 g/mol. The van der Waals surface area contributed by atoms with Gasteiger partial charge in [-0.15, -0.1) is 0 Å². The number of nitrogens with zero attached hydrogens (tertiary/aromatic N) is 2. The molecular formula is C14H21N3O2. The second kappa shape index (κ2) is 6.02. The Balaban J connectivity index is 2.13. The van der Waals surface area contributed by atoms with Crippen LogP contribution in [0.25, 0.3) is 0 Å². The van der Waals surface area contributed by atoms with Gasteiger partial charge in [0.15, 0.2) is 5.69 Å². The molecule has 1 fully saturated rings. The summed E-state index contributed by atoms with van der Waals surface area (Å²) in [6.45, 7) is 2.57. The first kappa shape index (κ1) is 13.8. The molecule has 2 rings (SSSR count). The highest BCUT2D eigenvalue weighted by molar-refractivity contribution is 5.95. The van der Waals surface area contributed by atoms with Gasteiger partial charge in [-0.3, -0.25) is 4.79 Å². The molecule has 0 radical (unpaired) electrons. The fourth-order valence-electron chi connectivity index (χ4n) is 2.68. The van der Waals surface area contributed by atoms with Crippen LogP contribution in [0.1, 0.15) is 43.1 Å².